The Labute approximate surface area is 296 Å². The molecule has 15 heteroatoms. The van der Waals surface area contributed by atoms with Crippen LogP contribution in [0.3, 0.4) is 0 Å². The summed E-state index contributed by atoms with van der Waals surface area (Å²) in [6.45, 7) is 6.63. The first-order valence-electron chi connectivity index (χ1n) is 18.2. The summed E-state index contributed by atoms with van der Waals surface area (Å²) in [6.07, 6.45) is 11.2. The molecule has 4 saturated heterocycles. The molecule has 6 heterocycles. The Morgan fingerprint density at radius 1 is 0.882 bits per heavy atom. The Kier molecular flexibility index (Phi) is 10.4. The monoisotopic (exact) mass is 698 g/mol. The van der Waals surface area contributed by atoms with Gasteiger partial charge in [0.1, 0.15) is 11.9 Å². The number of primary amides is 1. The fourth-order valence-electron chi connectivity index (χ4n) is 7.60. The molecule has 4 aliphatic rings. The van der Waals surface area contributed by atoms with E-state index in [0.717, 1.165) is 95.8 Å². The first-order valence-corrected chi connectivity index (χ1v) is 18.2. The predicted molar refractivity (Wildman–Crippen MR) is 190 cm³/mol. The zero-order chi connectivity index (χ0) is 35.3. The third-order valence-electron chi connectivity index (χ3n) is 10.6. The molecule has 1 unspecified atom stereocenters. The summed E-state index contributed by atoms with van der Waals surface area (Å²) in [6, 6.07) is 8.05. The topological polar surface area (TPSA) is 192 Å². The molecular formula is C36H46N10O5. The molecule has 15 nitrogen and oxygen atoms in total. The van der Waals surface area contributed by atoms with Crippen LogP contribution in [0.4, 0.5) is 23.3 Å². The molecule has 0 bridgehead atoms. The SMILES string of the molecule is NC(=O)c1ncc(N2CCCCC2)nc1Nc1ccc(C2CCN(CC3CCN(c4ncc(C(=O)NC5CCC(=O)NC5=O)o4)CC3)CC2)cc1. The number of anilines is 4. The number of nitrogens with zero attached hydrogens (tertiary/aromatic N) is 6. The van der Waals surface area contributed by atoms with Crippen LogP contribution in [0.1, 0.15) is 90.3 Å². The molecule has 0 radical (unpaired) electrons. The summed E-state index contributed by atoms with van der Waals surface area (Å²) in [7, 11) is 0. The van der Waals surface area contributed by atoms with Gasteiger partial charge in [-0.05, 0) is 94.0 Å². The Morgan fingerprint density at radius 2 is 1.63 bits per heavy atom. The molecule has 270 valence electrons. The lowest BCUT2D eigenvalue weighted by atomic mass is 9.88. The Balaban J connectivity index is 0.855. The van der Waals surface area contributed by atoms with E-state index in [1.807, 2.05) is 12.1 Å². The largest absolute Gasteiger partial charge is 0.418 e. The van der Waals surface area contributed by atoms with Gasteiger partial charge in [-0.3, -0.25) is 24.5 Å². The lowest BCUT2D eigenvalue weighted by Crippen LogP contribution is -2.52. The van der Waals surface area contributed by atoms with Crippen molar-refractivity contribution in [1.29, 1.82) is 0 Å². The zero-order valence-electron chi connectivity index (χ0n) is 28.8. The average Bonchev–Trinajstić information content (AvgIpc) is 3.65. The third-order valence-corrected chi connectivity index (χ3v) is 10.6. The van der Waals surface area contributed by atoms with Crippen LogP contribution < -0.4 is 31.5 Å². The van der Waals surface area contributed by atoms with Gasteiger partial charge in [-0.1, -0.05) is 12.1 Å². The summed E-state index contributed by atoms with van der Waals surface area (Å²) < 4.78 is 5.76. The fraction of sp³-hybridized carbons (Fsp3) is 0.528. The summed E-state index contributed by atoms with van der Waals surface area (Å²) in [5, 5.41) is 8.16. The van der Waals surface area contributed by atoms with Crippen molar-refractivity contribution in [1.82, 2.24) is 30.5 Å². The molecular weight excluding hydrogens is 652 g/mol. The number of hydrogen-bond donors (Lipinski definition) is 4. The summed E-state index contributed by atoms with van der Waals surface area (Å²) in [4.78, 5) is 68.3. The van der Waals surface area contributed by atoms with E-state index in [0.29, 0.717) is 23.7 Å². The number of piperidine rings is 4. The van der Waals surface area contributed by atoms with Gasteiger partial charge in [0, 0.05) is 44.8 Å². The van der Waals surface area contributed by atoms with E-state index in [9.17, 15) is 19.2 Å². The van der Waals surface area contributed by atoms with Gasteiger partial charge >= 0.3 is 0 Å². The molecule has 0 spiro atoms. The highest BCUT2D eigenvalue weighted by Crippen LogP contribution is 2.32. The van der Waals surface area contributed by atoms with E-state index < -0.39 is 23.8 Å². The number of nitrogens with one attached hydrogen (secondary N) is 3. The maximum atomic E-state index is 12.6. The lowest BCUT2D eigenvalue weighted by Gasteiger charge is -2.37. The van der Waals surface area contributed by atoms with Crippen LogP contribution in [0, 0.1) is 5.92 Å². The van der Waals surface area contributed by atoms with Gasteiger partial charge in [0.25, 0.3) is 17.8 Å². The number of hydrogen-bond acceptors (Lipinski definition) is 12. The Hall–Kier alpha value is -5.05. The minimum absolute atomic E-state index is 0.0511. The standard InChI is InChI=1S/C36H46N10O5/c37-32(48)31-33(42-29(21-38-31)45-14-2-1-3-15-45)40-26-6-4-24(5-7-26)25-12-16-44(17-13-25)22-23-10-18-46(19-11-23)36-39-20-28(51-36)35(50)41-27-8-9-30(47)43-34(27)49/h4-7,20-21,23,25,27H,1-3,8-19,22H2,(H2,37,48)(H,40,42)(H,41,50)(H,43,47,49). The molecule has 0 saturated carbocycles. The van der Waals surface area contributed by atoms with Crippen molar-refractivity contribution in [2.75, 3.05) is 60.9 Å². The molecule has 51 heavy (non-hydrogen) atoms. The van der Waals surface area contributed by atoms with Crippen LogP contribution in [0.25, 0.3) is 0 Å². The van der Waals surface area contributed by atoms with Gasteiger partial charge in [0.05, 0.1) is 12.4 Å². The van der Waals surface area contributed by atoms with Crippen molar-refractivity contribution in [2.45, 2.75) is 69.7 Å². The minimum Gasteiger partial charge on any atom is -0.418 e. The molecule has 3 aromatic rings. The number of rotatable bonds is 10. The Bertz CT molecular complexity index is 1720. The van der Waals surface area contributed by atoms with E-state index in [2.05, 4.69) is 52.8 Å². The molecule has 1 atom stereocenters. The predicted octanol–water partition coefficient (Wildman–Crippen LogP) is 2.93. The van der Waals surface area contributed by atoms with E-state index in [1.165, 1.54) is 18.2 Å². The number of amides is 4. The van der Waals surface area contributed by atoms with E-state index in [1.54, 1.807) is 6.20 Å². The van der Waals surface area contributed by atoms with Crippen LogP contribution in [0.5, 0.6) is 0 Å². The smallest absolute Gasteiger partial charge is 0.297 e. The number of carbonyl (C=O) groups is 4. The number of carbonyl (C=O) groups excluding carboxylic acids is 4. The fourth-order valence-corrected chi connectivity index (χ4v) is 7.60. The highest BCUT2D eigenvalue weighted by atomic mass is 16.4. The maximum absolute atomic E-state index is 12.6. The number of likely N-dealkylation sites (tertiary alicyclic amines) is 1. The highest BCUT2D eigenvalue weighted by Gasteiger charge is 2.31. The molecule has 0 aliphatic carbocycles. The normalized spacial score (nSPS) is 21.0. The second-order valence-corrected chi connectivity index (χ2v) is 14.1. The van der Waals surface area contributed by atoms with E-state index in [-0.39, 0.29) is 30.2 Å². The van der Waals surface area contributed by atoms with Gasteiger partial charge in [-0.15, -0.1) is 0 Å². The van der Waals surface area contributed by atoms with Gasteiger partial charge < -0.3 is 35.5 Å². The van der Waals surface area contributed by atoms with Crippen LogP contribution in [0.2, 0.25) is 0 Å². The number of aromatic nitrogens is 3. The van der Waals surface area contributed by atoms with Crippen LogP contribution in [-0.4, -0.2) is 95.3 Å². The van der Waals surface area contributed by atoms with E-state index >= 15 is 0 Å². The van der Waals surface area contributed by atoms with Gasteiger partial charge in [0.15, 0.2) is 11.5 Å². The van der Waals surface area contributed by atoms with Crippen molar-refractivity contribution >= 4 is 47.0 Å². The van der Waals surface area contributed by atoms with Crippen LogP contribution in [0.15, 0.2) is 41.1 Å². The summed E-state index contributed by atoms with van der Waals surface area (Å²) in [5.74, 6) is 0.308. The highest BCUT2D eigenvalue weighted by molar-refractivity contribution is 6.03. The summed E-state index contributed by atoms with van der Waals surface area (Å²) in [5.41, 5.74) is 7.91. The van der Waals surface area contributed by atoms with Crippen molar-refractivity contribution in [3.63, 3.8) is 0 Å². The van der Waals surface area contributed by atoms with Crippen molar-refractivity contribution in [3.8, 4) is 0 Å². The molecule has 2 aromatic heterocycles. The quantitative estimate of drug-likeness (QED) is 0.227. The average molecular weight is 699 g/mol. The first-order chi connectivity index (χ1) is 24.8. The second-order valence-electron chi connectivity index (χ2n) is 14.1. The van der Waals surface area contributed by atoms with Gasteiger partial charge in [-0.25, -0.2) is 15.0 Å². The first kappa shape index (κ1) is 34.4. The Morgan fingerprint density at radius 3 is 2.33 bits per heavy atom. The molecule has 7 rings (SSSR count). The minimum atomic E-state index is -0.763. The second kappa shape index (κ2) is 15.5. The van der Waals surface area contributed by atoms with Crippen molar-refractivity contribution < 1.29 is 23.6 Å². The van der Waals surface area contributed by atoms with Gasteiger partial charge in [0.2, 0.25) is 17.6 Å². The molecule has 4 aliphatic heterocycles. The van der Waals surface area contributed by atoms with Crippen LogP contribution >= 0.6 is 0 Å². The maximum Gasteiger partial charge on any atom is 0.297 e. The van der Waals surface area contributed by atoms with Gasteiger partial charge in [-0.2, -0.15) is 0 Å². The third kappa shape index (κ3) is 8.30. The number of benzene rings is 1. The summed E-state index contributed by atoms with van der Waals surface area (Å²) >= 11 is 0. The molecule has 1 aromatic carbocycles. The number of oxazole rings is 1. The van der Waals surface area contributed by atoms with Crippen molar-refractivity contribution in [2.24, 2.45) is 11.7 Å². The van der Waals surface area contributed by atoms with Crippen LogP contribution in [-0.2, 0) is 9.59 Å². The zero-order valence-corrected chi connectivity index (χ0v) is 28.8. The molecule has 4 fully saturated rings. The lowest BCUT2D eigenvalue weighted by molar-refractivity contribution is -0.134. The van der Waals surface area contributed by atoms with E-state index in [4.69, 9.17) is 15.1 Å². The number of imide groups is 1. The molecule has 5 N–H and O–H groups in total. The molecule has 4 amide bonds. The van der Waals surface area contributed by atoms with Crippen molar-refractivity contribution in [3.05, 3.63) is 53.7 Å². The number of nitrogens with two attached hydrogens (primary N) is 1.